The molecule has 6 nitrogen and oxygen atoms in total. The van der Waals surface area contributed by atoms with Crippen molar-refractivity contribution in [3.63, 3.8) is 0 Å². The van der Waals surface area contributed by atoms with Gasteiger partial charge in [-0.3, -0.25) is 0 Å². The molecule has 0 aromatic carbocycles. The highest BCUT2D eigenvalue weighted by atomic mass is 16.7. The van der Waals surface area contributed by atoms with Crippen molar-refractivity contribution in [1.29, 1.82) is 0 Å². The summed E-state index contributed by atoms with van der Waals surface area (Å²) in [5.41, 5.74) is -0.00440. The Morgan fingerprint density at radius 1 is 1.00 bits per heavy atom. The molecule has 0 aliphatic carbocycles. The number of rotatable bonds is 5. The number of carbonyl (C=O) groups is 3. The number of hydrogen-bond donors (Lipinski definition) is 1. The first-order valence-corrected chi connectivity index (χ1v) is 4.21. The molecule has 0 aromatic heterocycles. The van der Waals surface area contributed by atoms with E-state index in [1.807, 2.05) is 0 Å². The van der Waals surface area contributed by atoms with Crippen molar-refractivity contribution >= 4 is 17.9 Å². The second kappa shape index (κ2) is 5.69. The molecule has 0 atom stereocenters. The lowest BCUT2D eigenvalue weighted by Gasteiger charge is -2.13. The zero-order chi connectivity index (χ0) is 12.9. The van der Waals surface area contributed by atoms with Crippen LogP contribution in [0.5, 0.6) is 0 Å². The van der Waals surface area contributed by atoms with Crippen LogP contribution in [0, 0.1) is 0 Å². The number of carboxylic acid groups (broad SMARTS) is 1. The average Bonchev–Trinajstić information content (AvgIpc) is 2.15. The van der Waals surface area contributed by atoms with E-state index in [9.17, 15) is 14.4 Å². The summed E-state index contributed by atoms with van der Waals surface area (Å²) in [6.07, 6.45) is -1.99. The third kappa shape index (κ3) is 4.41. The lowest BCUT2D eigenvalue weighted by molar-refractivity contribution is -0.197. The molecule has 0 radical (unpaired) electrons. The van der Waals surface area contributed by atoms with E-state index in [4.69, 9.17) is 5.11 Å². The van der Waals surface area contributed by atoms with Gasteiger partial charge in [0.1, 0.15) is 0 Å². The van der Waals surface area contributed by atoms with E-state index in [0.717, 1.165) is 0 Å². The maximum absolute atomic E-state index is 11.0. The van der Waals surface area contributed by atoms with Gasteiger partial charge in [-0.1, -0.05) is 13.2 Å². The Balaban J connectivity index is 4.58. The molecule has 0 fully saturated rings. The van der Waals surface area contributed by atoms with Crippen LogP contribution in [0.4, 0.5) is 0 Å². The first-order chi connectivity index (χ1) is 7.25. The summed E-state index contributed by atoms with van der Waals surface area (Å²) in [6, 6.07) is 0. The molecule has 0 aromatic rings. The third-order valence-corrected chi connectivity index (χ3v) is 1.33. The Morgan fingerprint density at radius 3 is 1.50 bits per heavy atom. The van der Waals surface area contributed by atoms with Crippen LogP contribution in [0.25, 0.3) is 0 Å². The predicted octanol–water partition coefficient (Wildman–Crippen LogP) is 0.636. The van der Waals surface area contributed by atoms with Gasteiger partial charge in [-0.05, 0) is 13.8 Å². The van der Waals surface area contributed by atoms with E-state index in [1.165, 1.54) is 13.8 Å². The van der Waals surface area contributed by atoms with E-state index >= 15 is 0 Å². The fourth-order valence-electron chi connectivity index (χ4n) is 0.520. The van der Waals surface area contributed by atoms with Gasteiger partial charge in [0, 0.05) is 11.1 Å². The second-order valence-electron chi connectivity index (χ2n) is 3.04. The van der Waals surface area contributed by atoms with Crippen LogP contribution in [0.15, 0.2) is 24.3 Å². The molecule has 0 unspecified atom stereocenters. The van der Waals surface area contributed by atoms with E-state index in [2.05, 4.69) is 22.6 Å². The lowest BCUT2D eigenvalue weighted by Crippen LogP contribution is -2.32. The normalized spacial score (nSPS) is 9.44. The van der Waals surface area contributed by atoms with Crippen molar-refractivity contribution < 1.29 is 29.0 Å². The number of ether oxygens (including phenoxy) is 2. The van der Waals surface area contributed by atoms with Crippen LogP contribution in [-0.2, 0) is 23.9 Å². The fraction of sp³-hybridized carbons (Fsp3) is 0.300. The van der Waals surface area contributed by atoms with Gasteiger partial charge in [0.05, 0.1) is 0 Å². The molecule has 0 rings (SSSR count). The van der Waals surface area contributed by atoms with Crippen molar-refractivity contribution in [1.82, 2.24) is 0 Å². The zero-order valence-electron chi connectivity index (χ0n) is 8.98. The van der Waals surface area contributed by atoms with Gasteiger partial charge in [0.25, 0.3) is 0 Å². The maximum Gasteiger partial charge on any atom is 0.387 e. The van der Waals surface area contributed by atoms with E-state index in [-0.39, 0.29) is 11.1 Å². The fourth-order valence-corrected chi connectivity index (χ4v) is 0.520. The third-order valence-electron chi connectivity index (χ3n) is 1.33. The van der Waals surface area contributed by atoms with Crippen LogP contribution >= 0.6 is 0 Å². The summed E-state index contributed by atoms with van der Waals surface area (Å²) in [7, 11) is 0. The molecule has 0 amide bonds. The minimum atomic E-state index is -1.99. The summed E-state index contributed by atoms with van der Waals surface area (Å²) in [6.45, 7) is 9.18. The molecule has 6 heteroatoms. The largest absolute Gasteiger partial charge is 0.476 e. The predicted molar refractivity (Wildman–Crippen MR) is 53.2 cm³/mol. The van der Waals surface area contributed by atoms with Crippen LogP contribution in [0.3, 0.4) is 0 Å². The van der Waals surface area contributed by atoms with E-state index in [1.54, 1.807) is 0 Å². The molecule has 0 aliphatic rings. The molecule has 88 valence electrons. The van der Waals surface area contributed by atoms with E-state index in [0.29, 0.717) is 0 Å². The molecular weight excluding hydrogens is 216 g/mol. The molecule has 0 bridgehead atoms. The summed E-state index contributed by atoms with van der Waals surface area (Å²) >= 11 is 0. The quantitative estimate of drug-likeness (QED) is 0.422. The smallest absolute Gasteiger partial charge is 0.387 e. The van der Waals surface area contributed by atoms with Crippen molar-refractivity contribution in [2.45, 2.75) is 20.1 Å². The number of carbonyl (C=O) groups excluding carboxylic acids is 2. The van der Waals surface area contributed by atoms with Gasteiger partial charge in [-0.2, -0.15) is 0 Å². The molecule has 16 heavy (non-hydrogen) atoms. The van der Waals surface area contributed by atoms with Crippen molar-refractivity contribution in [3.8, 4) is 0 Å². The number of esters is 2. The Bertz CT molecular complexity index is 326. The van der Waals surface area contributed by atoms with Gasteiger partial charge < -0.3 is 14.6 Å². The topological polar surface area (TPSA) is 89.9 Å². The summed E-state index contributed by atoms with van der Waals surface area (Å²) in [5, 5.41) is 8.62. The highest BCUT2D eigenvalue weighted by molar-refractivity contribution is 5.91. The van der Waals surface area contributed by atoms with Crippen LogP contribution < -0.4 is 0 Å². The van der Waals surface area contributed by atoms with Crippen molar-refractivity contribution in [3.05, 3.63) is 24.3 Å². The van der Waals surface area contributed by atoms with Gasteiger partial charge in [-0.25, -0.2) is 14.4 Å². The molecule has 0 aliphatic heterocycles. The Hall–Kier alpha value is -2.11. The highest BCUT2D eigenvalue weighted by Gasteiger charge is 2.26. The molecule has 0 spiro atoms. The minimum Gasteiger partial charge on any atom is -0.476 e. The number of hydrogen-bond acceptors (Lipinski definition) is 5. The summed E-state index contributed by atoms with van der Waals surface area (Å²) in [5.74, 6) is -3.51. The Kier molecular flexibility index (Phi) is 4.94. The SMILES string of the molecule is C=C(C)C(=O)OC(OC(=O)C(=C)C)C(=O)O. The second-order valence-corrected chi connectivity index (χ2v) is 3.04. The first kappa shape index (κ1) is 13.9. The molecule has 1 N–H and O–H groups in total. The van der Waals surface area contributed by atoms with Gasteiger partial charge in [0.2, 0.25) is 0 Å². The van der Waals surface area contributed by atoms with Crippen molar-refractivity contribution in [2.75, 3.05) is 0 Å². The van der Waals surface area contributed by atoms with Gasteiger partial charge >= 0.3 is 24.2 Å². The summed E-state index contributed by atoms with van der Waals surface area (Å²) < 4.78 is 8.74. The molecule has 0 saturated heterocycles. The van der Waals surface area contributed by atoms with E-state index < -0.39 is 24.2 Å². The van der Waals surface area contributed by atoms with Gasteiger partial charge in [-0.15, -0.1) is 0 Å². The minimum absolute atomic E-state index is 0.00220. The maximum atomic E-state index is 11.0. The van der Waals surface area contributed by atoms with Crippen LogP contribution in [0.2, 0.25) is 0 Å². The zero-order valence-corrected chi connectivity index (χ0v) is 8.98. The average molecular weight is 228 g/mol. The monoisotopic (exact) mass is 228 g/mol. The Labute approximate surface area is 92.2 Å². The molecule has 0 heterocycles. The number of aliphatic carboxylic acids is 1. The van der Waals surface area contributed by atoms with Gasteiger partial charge in [0.15, 0.2) is 0 Å². The first-order valence-electron chi connectivity index (χ1n) is 4.21. The van der Waals surface area contributed by atoms with Crippen molar-refractivity contribution in [2.24, 2.45) is 0 Å². The summed E-state index contributed by atoms with van der Waals surface area (Å²) in [4.78, 5) is 32.6. The molecular formula is C10H12O6. The standard InChI is InChI=1S/C10H12O6/c1-5(2)8(13)15-10(7(11)12)16-9(14)6(3)4/h10H,1,3H2,2,4H3,(H,11,12). The lowest BCUT2D eigenvalue weighted by atomic mass is 10.3. The molecule has 0 saturated carbocycles. The highest BCUT2D eigenvalue weighted by Crippen LogP contribution is 2.04. The Morgan fingerprint density at radius 2 is 1.31 bits per heavy atom. The van der Waals surface area contributed by atoms with Crippen LogP contribution in [0.1, 0.15) is 13.8 Å². The number of carboxylic acids is 1. The van der Waals surface area contributed by atoms with Crippen LogP contribution in [-0.4, -0.2) is 29.3 Å².